The first-order valence-electron chi connectivity index (χ1n) is 9.35. The van der Waals surface area contributed by atoms with Crippen LogP contribution in [0.2, 0.25) is 5.02 Å². The van der Waals surface area contributed by atoms with Crippen molar-refractivity contribution in [3.63, 3.8) is 0 Å². The van der Waals surface area contributed by atoms with Crippen molar-refractivity contribution in [2.24, 2.45) is 0 Å². The second-order valence-corrected chi connectivity index (χ2v) is 9.57. The first-order chi connectivity index (χ1) is 14.7. The maximum Gasteiger partial charge on any atom is 0.288 e. The molecule has 0 bridgehead atoms. The molecule has 1 amide bonds. The van der Waals surface area contributed by atoms with E-state index in [1.807, 2.05) is 0 Å². The summed E-state index contributed by atoms with van der Waals surface area (Å²) in [7, 11) is -3.54. The average Bonchev–Trinajstić information content (AvgIpc) is 2.74. The average molecular weight is 483 g/mol. The molecular weight excluding hydrogens is 464 g/mol. The van der Waals surface area contributed by atoms with Crippen LogP contribution in [0.5, 0.6) is 0 Å². The Hall–Kier alpha value is -2.60. The number of amides is 1. The summed E-state index contributed by atoms with van der Waals surface area (Å²) in [6.07, 6.45) is 2.73. The van der Waals surface area contributed by atoms with E-state index in [0.717, 1.165) is 25.3 Å². The summed E-state index contributed by atoms with van der Waals surface area (Å²) in [6.45, 7) is 1.03. The van der Waals surface area contributed by atoms with Crippen molar-refractivity contribution >= 4 is 56.2 Å². The zero-order valence-corrected chi connectivity index (χ0v) is 18.6. The largest absolute Gasteiger partial charge is 0.332 e. The number of nitro groups is 1. The number of halogens is 1. The third-order valence-corrected chi connectivity index (χ3v) is 7.13. The van der Waals surface area contributed by atoms with Crippen LogP contribution in [0.1, 0.15) is 29.6 Å². The quantitative estimate of drug-likeness (QED) is 0.379. The van der Waals surface area contributed by atoms with Crippen molar-refractivity contribution in [2.45, 2.75) is 24.2 Å². The van der Waals surface area contributed by atoms with Gasteiger partial charge in [-0.2, -0.15) is 4.31 Å². The van der Waals surface area contributed by atoms with Gasteiger partial charge < -0.3 is 5.32 Å². The molecule has 1 saturated heterocycles. The van der Waals surface area contributed by atoms with Gasteiger partial charge in [0.05, 0.1) is 9.82 Å². The van der Waals surface area contributed by atoms with E-state index in [9.17, 15) is 23.3 Å². The van der Waals surface area contributed by atoms with Crippen LogP contribution >= 0.6 is 23.8 Å². The van der Waals surface area contributed by atoms with Crippen molar-refractivity contribution in [1.29, 1.82) is 0 Å². The lowest BCUT2D eigenvalue weighted by Gasteiger charge is -2.25. The monoisotopic (exact) mass is 482 g/mol. The van der Waals surface area contributed by atoms with Gasteiger partial charge in [0.1, 0.15) is 5.02 Å². The molecule has 12 heteroatoms. The van der Waals surface area contributed by atoms with Crippen molar-refractivity contribution in [2.75, 3.05) is 18.4 Å². The fourth-order valence-electron chi connectivity index (χ4n) is 3.10. The molecule has 1 aliphatic rings. The number of carbonyl (C=O) groups is 1. The molecule has 0 radical (unpaired) electrons. The minimum absolute atomic E-state index is 0.0169. The van der Waals surface area contributed by atoms with Gasteiger partial charge in [0.2, 0.25) is 10.0 Å². The lowest BCUT2D eigenvalue weighted by Crippen LogP contribution is -2.35. The predicted molar refractivity (Wildman–Crippen MR) is 121 cm³/mol. The summed E-state index contributed by atoms with van der Waals surface area (Å²) in [5.74, 6) is -0.651. The molecule has 0 spiro atoms. The van der Waals surface area contributed by atoms with Gasteiger partial charge in [-0.15, -0.1) is 0 Å². The van der Waals surface area contributed by atoms with Crippen molar-refractivity contribution < 1.29 is 18.1 Å². The van der Waals surface area contributed by atoms with Crippen LogP contribution in [0, 0.1) is 10.1 Å². The standard InChI is InChI=1S/C19H19ClN4O5S2/c20-16-9-4-13(12-17(16)24(26)27)18(25)22-19(30)21-14-5-7-15(8-6-14)31(28,29)23-10-2-1-3-11-23/h4-9,12H,1-3,10-11H2,(H2,21,22,25,30). The third kappa shape index (κ3) is 5.56. The van der Waals surface area contributed by atoms with E-state index in [4.69, 9.17) is 23.8 Å². The molecule has 1 aliphatic heterocycles. The molecule has 2 aromatic carbocycles. The molecule has 31 heavy (non-hydrogen) atoms. The summed E-state index contributed by atoms with van der Waals surface area (Å²) in [4.78, 5) is 22.8. The van der Waals surface area contributed by atoms with E-state index >= 15 is 0 Å². The lowest BCUT2D eigenvalue weighted by atomic mass is 10.2. The van der Waals surface area contributed by atoms with Gasteiger partial charge in [0.25, 0.3) is 11.6 Å². The maximum atomic E-state index is 12.7. The van der Waals surface area contributed by atoms with Crippen molar-refractivity contribution in [3.05, 3.63) is 63.2 Å². The van der Waals surface area contributed by atoms with Crippen LogP contribution in [0.25, 0.3) is 0 Å². The lowest BCUT2D eigenvalue weighted by molar-refractivity contribution is -0.384. The molecule has 2 N–H and O–H groups in total. The zero-order valence-electron chi connectivity index (χ0n) is 16.2. The van der Waals surface area contributed by atoms with Crippen molar-refractivity contribution in [3.8, 4) is 0 Å². The number of anilines is 1. The first kappa shape index (κ1) is 23.1. The number of nitro benzene ring substituents is 1. The first-order valence-corrected chi connectivity index (χ1v) is 11.6. The minimum Gasteiger partial charge on any atom is -0.332 e. The van der Waals surface area contributed by atoms with E-state index < -0.39 is 26.5 Å². The van der Waals surface area contributed by atoms with E-state index in [1.165, 1.54) is 28.6 Å². The highest BCUT2D eigenvalue weighted by Gasteiger charge is 2.25. The van der Waals surface area contributed by atoms with Crippen LogP contribution in [0.3, 0.4) is 0 Å². The van der Waals surface area contributed by atoms with Gasteiger partial charge in [-0.25, -0.2) is 8.42 Å². The highest BCUT2D eigenvalue weighted by molar-refractivity contribution is 7.89. The fraction of sp³-hybridized carbons (Fsp3) is 0.263. The summed E-state index contributed by atoms with van der Waals surface area (Å²) >= 11 is 10.8. The summed E-state index contributed by atoms with van der Waals surface area (Å²) < 4.78 is 26.9. The number of piperidine rings is 1. The number of hydrogen-bond acceptors (Lipinski definition) is 6. The summed E-state index contributed by atoms with van der Waals surface area (Å²) in [6, 6.07) is 9.68. The second-order valence-electron chi connectivity index (χ2n) is 6.82. The normalized spacial score (nSPS) is 14.6. The Labute approximate surface area is 189 Å². The number of sulfonamides is 1. The molecule has 0 aromatic heterocycles. The third-order valence-electron chi connectivity index (χ3n) is 4.70. The van der Waals surface area contributed by atoms with E-state index in [-0.39, 0.29) is 20.6 Å². The molecule has 0 atom stereocenters. The maximum absolute atomic E-state index is 12.7. The van der Waals surface area contributed by atoms with E-state index in [0.29, 0.717) is 18.8 Å². The molecule has 0 aliphatic carbocycles. The number of thiocarbonyl (C=S) groups is 1. The number of carbonyl (C=O) groups excluding carboxylic acids is 1. The van der Waals surface area contributed by atoms with Crippen molar-refractivity contribution in [1.82, 2.24) is 9.62 Å². The number of nitrogens with one attached hydrogen (secondary N) is 2. The number of hydrogen-bond donors (Lipinski definition) is 2. The van der Waals surface area contributed by atoms with Crippen LogP contribution in [-0.2, 0) is 10.0 Å². The fourth-order valence-corrected chi connectivity index (χ4v) is 5.01. The van der Waals surface area contributed by atoms with Gasteiger partial charge in [-0.05, 0) is 61.5 Å². The molecule has 1 heterocycles. The molecular formula is C19H19ClN4O5S2. The van der Waals surface area contributed by atoms with Gasteiger partial charge >= 0.3 is 0 Å². The summed E-state index contributed by atoms with van der Waals surface area (Å²) in [5.41, 5.74) is 0.104. The SMILES string of the molecule is O=C(NC(=S)Nc1ccc(S(=O)(=O)N2CCCCC2)cc1)c1ccc(Cl)c([N+](=O)[O-])c1. The number of rotatable bonds is 5. The molecule has 0 saturated carbocycles. The smallest absolute Gasteiger partial charge is 0.288 e. The van der Waals surface area contributed by atoms with E-state index in [2.05, 4.69) is 10.6 Å². The van der Waals surface area contributed by atoms with Gasteiger partial charge in [-0.3, -0.25) is 20.2 Å². The molecule has 9 nitrogen and oxygen atoms in total. The Morgan fingerprint density at radius 3 is 2.35 bits per heavy atom. The van der Waals surface area contributed by atoms with Crippen LogP contribution in [0.15, 0.2) is 47.4 Å². The Bertz CT molecular complexity index is 1120. The highest BCUT2D eigenvalue weighted by Crippen LogP contribution is 2.25. The molecule has 164 valence electrons. The van der Waals surface area contributed by atoms with Gasteiger partial charge in [0.15, 0.2) is 5.11 Å². The van der Waals surface area contributed by atoms with Crippen LogP contribution in [0.4, 0.5) is 11.4 Å². The molecule has 3 rings (SSSR count). The number of benzene rings is 2. The Balaban J connectivity index is 1.64. The van der Waals surface area contributed by atoms with Crippen LogP contribution < -0.4 is 10.6 Å². The Kier molecular flexibility index (Phi) is 7.21. The van der Waals surface area contributed by atoms with E-state index in [1.54, 1.807) is 12.1 Å². The molecule has 0 unspecified atom stereocenters. The summed E-state index contributed by atoms with van der Waals surface area (Å²) in [5, 5.41) is 16.0. The Morgan fingerprint density at radius 1 is 1.10 bits per heavy atom. The molecule has 1 fully saturated rings. The second kappa shape index (κ2) is 9.69. The molecule has 2 aromatic rings. The van der Waals surface area contributed by atoms with Gasteiger partial charge in [-0.1, -0.05) is 18.0 Å². The highest BCUT2D eigenvalue weighted by atomic mass is 35.5. The minimum atomic E-state index is -3.54. The predicted octanol–water partition coefficient (Wildman–Crippen LogP) is 3.55. The zero-order chi connectivity index (χ0) is 22.6. The Morgan fingerprint density at radius 2 is 1.74 bits per heavy atom. The van der Waals surface area contributed by atoms with Crippen LogP contribution in [-0.4, -0.2) is 41.8 Å². The topological polar surface area (TPSA) is 122 Å². The number of nitrogens with zero attached hydrogens (tertiary/aromatic N) is 2. The van der Waals surface area contributed by atoms with Gasteiger partial charge in [0, 0.05) is 30.4 Å².